The summed E-state index contributed by atoms with van der Waals surface area (Å²) in [5.74, 6) is 0.879. The standard InChI is InChI=1S/C22H25N3O2/c26-22-8-5-18-15-20(6-7-21(18)24-22)27-19-9-13-25(14-10-19)12-2-4-17-3-1-11-23-16-17/h1,3,5-8,11,15-16,19H,2,4,9-10,12-14H2,(H,24,26). The van der Waals surface area contributed by atoms with Crippen LogP contribution in [-0.2, 0) is 6.42 Å². The van der Waals surface area contributed by atoms with Gasteiger partial charge in [-0.1, -0.05) is 6.07 Å². The zero-order valence-electron chi connectivity index (χ0n) is 15.4. The highest BCUT2D eigenvalue weighted by Crippen LogP contribution is 2.22. The molecule has 1 fully saturated rings. The van der Waals surface area contributed by atoms with Crippen molar-refractivity contribution < 1.29 is 4.74 Å². The van der Waals surface area contributed by atoms with Gasteiger partial charge in [-0.05, 0) is 68.1 Å². The lowest BCUT2D eigenvalue weighted by Crippen LogP contribution is -2.38. The second-order valence-corrected chi connectivity index (χ2v) is 7.20. The number of aromatic amines is 1. The molecule has 2 aromatic heterocycles. The number of aromatic nitrogens is 2. The number of aryl methyl sites for hydroxylation is 1. The number of rotatable bonds is 6. The molecule has 3 heterocycles. The van der Waals surface area contributed by atoms with Gasteiger partial charge in [-0.25, -0.2) is 0 Å². The third kappa shape index (κ3) is 4.74. The lowest BCUT2D eigenvalue weighted by atomic mass is 10.1. The molecule has 0 amide bonds. The van der Waals surface area contributed by atoms with Crippen molar-refractivity contribution in [3.05, 3.63) is 70.8 Å². The molecule has 5 nitrogen and oxygen atoms in total. The van der Waals surface area contributed by atoms with Gasteiger partial charge >= 0.3 is 0 Å². The van der Waals surface area contributed by atoms with E-state index >= 15 is 0 Å². The van der Waals surface area contributed by atoms with Crippen LogP contribution in [0.5, 0.6) is 5.75 Å². The van der Waals surface area contributed by atoms with Crippen molar-refractivity contribution in [2.24, 2.45) is 0 Å². The number of benzene rings is 1. The van der Waals surface area contributed by atoms with Crippen LogP contribution in [0.15, 0.2) is 59.7 Å². The summed E-state index contributed by atoms with van der Waals surface area (Å²) < 4.78 is 6.19. The summed E-state index contributed by atoms with van der Waals surface area (Å²) in [6.45, 7) is 3.29. The molecule has 1 saturated heterocycles. The predicted octanol–water partition coefficient (Wildman–Crippen LogP) is 3.40. The van der Waals surface area contributed by atoms with E-state index in [4.69, 9.17) is 4.74 Å². The van der Waals surface area contributed by atoms with Crippen LogP contribution in [0.25, 0.3) is 10.9 Å². The Balaban J connectivity index is 1.24. The highest BCUT2D eigenvalue weighted by molar-refractivity contribution is 5.79. The normalized spacial score (nSPS) is 15.9. The SMILES string of the molecule is O=c1ccc2cc(OC3CCN(CCCc4cccnc4)CC3)ccc2[nH]1. The van der Waals surface area contributed by atoms with Crippen molar-refractivity contribution >= 4 is 10.9 Å². The van der Waals surface area contributed by atoms with Crippen LogP contribution >= 0.6 is 0 Å². The molecule has 140 valence electrons. The second kappa shape index (κ2) is 8.35. The molecule has 3 aromatic rings. The van der Waals surface area contributed by atoms with Gasteiger partial charge in [0.1, 0.15) is 11.9 Å². The van der Waals surface area contributed by atoms with Crippen LogP contribution in [-0.4, -0.2) is 40.6 Å². The van der Waals surface area contributed by atoms with Gasteiger partial charge in [0, 0.05) is 42.5 Å². The van der Waals surface area contributed by atoms with Crippen molar-refractivity contribution in [3.63, 3.8) is 0 Å². The van der Waals surface area contributed by atoms with Crippen molar-refractivity contribution in [1.29, 1.82) is 0 Å². The maximum Gasteiger partial charge on any atom is 0.248 e. The van der Waals surface area contributed by atoms with Gasteiger partial charge in [0.05, 0.1) is 0 Å². The third-order valence-corrected chi connectivity index (χ3v) is 5.20. The van der Waals surface area contributed by atoms with Crippen LogP contribution in [0.4, 0.5) is 0 Å². The molecule has 1 aliphatic rings. The molecule has 0 aliphatic carbocycles. The smallest absolute Gasteiger partial charge is 0.248 e. The topological polar surface area (TPSA) is 58.2 Å². The molecule has 4 rings (SSSR count). The van der Waals surface area contributed by atoms with Gasteiger partial charge in [-0.2, -0.15) is 0 Å². The molecule has 27 heavy (non-hydrogen) atoms. The number of piperidine rings is 1. The summed E-state index contributed by atoms with van der Waals surface area (Å²) in [6.07, 6.45) is 8.40. The molecule has 0 saturated carbocycles. The fraction of sp³-hybridized carbons (Fsp3) is 0.364. The average molecular weight is 363 g/mol. The lowest BCUT2D eigenvalue weighted by molar-refractivity contribution is 0.100. The van der Waals surface area contributed by atoms with Crippen molar-refractivity contribution in [1.82, 2.24) is 14.9 Å². The number of nitrogens with one attached hydrogen (secondary N) is 1. The average Bonchev–Trinajstić information content (AvgIpc) is 2.70. The first-order chi connectivity index (χ1) is 13.3. The molecule has 0 bridgehead atoms. The van der Waals surface area contributed by atoms with Gasteiger partial charge in [-0.15, -0.1) is 0 Å². The quantitative estimate of drug-likeness (QED) is 0.729. The molecular formula is C22H25N3O2. The Morgan fingerprint density at radius 1 is 1.15 bits per heavy atom. The third-order valence-electron chi connectivity index (χ3n) is 5.20. The lowest BCUT2D eigenvalue weighted by Gasteiger charge is -2.32. The fourth-order valence-corrected chi connectivity index (χ4v) is 3.70. The van der Waals surface area contributed by atoms with Crippen LogP contribution in [0.1, 0.15) is 24.8 Å². The van der Waals surface area contributed by atoms with E-state index in [1.54, 1.807) is 6.07 Å². The Bertz CT molecular complexity index is 931. The first-order valence-electron chi connectivity index (χ1n) is 9.67. The van der Waals surface area contributed by atoms with E-state index in [1.165, 1.54) is 12.0 Å². The van der Waals surface area contributed by atoms with E-state index in [2.05, 4.69) is 20.9 Å². The van der Waals surface area contributed by atoms with Gasteiger partial charge < -0.3 is 14.6 Å². The van der Waals surface area contributed by atoms with Gasteiger partial charge in [0.15, 0.2) is 0 Å². The molecule has 0 radical (unpaired) electrons. The predicted molar refractivity (Wildman–Crippen MR) is 107 cm³/mol. The Labute approximate surface area is 159 Å². The summed E-state index contributed by atoms with van der Waals surface area (Å²) in [4.78, 5) is 20.9. The fourth-order valence-electron chi connectivity index (χ4n) is 3.70. The molecule has 0 atom stereocenters. The van der Waals surface area contributed by atoms with E-state index in [-0.39, 0.29) is 11.7 Å². The highest BCUT2D eigenvalue weighted by Gasteiger charge is 2.20. The minimum Gasteiger partial charge on any atom is -0.490 e. The number of H-pyrrole nitrogens is 1. The molecule has 0 spiro atoms. The van der Waals surface area contributed by atoms with Gasteiger partial charge in [-0.3, -0.25) is 9.78 Å². The number of hydrogen-bond donors (Lipinski definition) is 1. The first kappa shape index (κ1) is 17.7. The second-order valence-electron chi connectivity index (χ2n) is 7.20. The summed E-state index contributed by atoms with van der Waals surface area (Å²) >= 11 is 0. The Morgan fingerprint density at radius 3 is 2.85 bits per heavy atom. The summed E-state index contributed by atoms with van der Waals surface area (Å²) in [7, 11) is 0. The van der Waals surface area contributed by atoms with E-state index in [1.807, 2.05) is 42.7 Å². The van der Waals surface area contributed by atoms with Gasteiger partial charge in [0.2, 0.25) is 5.56 Å². The zero-order valence-corrected chi connectivity index (χ0v) is 15.4. The Kier molecular flexibility index (Phi) is 5.49. The van der Waals surface area contributed by atoms with E-state index in [9.17, 15) is 4.79 Å². The summed E-state index contributed by atoms with van der Waals surface area (Å²) in [5.41, 5.74) is 2.08. The van der Waals surface area contributed by atoms with E-state index in [0.29, 0.717) is 0 Å². The first-order valence-corrected chi connectivity index (χ1v) is 9.67. The number of hydrogen-bond acceptors (Lipinski definition) is 4. The number of ether oxygens (including phenoxy) is 1. The van der Waals surface area contributed by atoms with E-state index < -0.39 is 0 Å². The minimum absolute atomic E-state index is 0.0768. The zero-order chi connectivity index (χ0) is 18.5. The Hall–Kier alpha value is -2.66. The number of fused-ring (bicyclic) bond motifs is 1. The maximum absolute atomic E-state index is 11.4. The molecule has 1 aromatic carbocycles. The van der Waals surface area contributed by atoms with Crippen LogP contribution in [0.3, 0.4) is 0 Å². The maximum atomic E-state index is 11.4. The number of likely N-dealkylation sites (tertiary alicyclic amines) is 1. The summed E-state index contributed by atoms with van der Waals surface area (Å²) in [6, 6.07) is 13.4. The molecular weight excluding hydrogens is 338 g/mol. The molecule has 1 aliphatic heterocycles. The summed E-state index contributed by atoms with van der Waals surface area (Å²) in [5, 5.41) is 1.000. The van der Waals surface area contributed by atoms with Crippen molar-refractivity contribution in [2.75, 3.05) is 19.6 Å². The molecule has 1 N–H and O–H groups in total. The van der Waals surface area contributed by atoms with Crippen LogP contribution in [0.2, 0.25) is 0 Å². The largest absolute Gasteiger partial charge is 0.490 e. The van der Waals surface area contributed by atoms with Crippen molar-refractivity contribution in [3.8, 4) is 5.75 Å². The van der Waals surface area contributed by atoms with Crippen LogP contribution < -0.4 is 10.3 Å². The van der Waals surface area contributed by atoms with Gasteiger partial charge in [0.25, 0.3) is 0 Å². The minimum atomic E-state index is -0.0768. The number of nitrogens with zero attached hydrogens (tertiary/aromatic N) is 2. The van der Waals surface area contributed by atoms with E-state index in [0.717, 1.165) is 55.5 Å². The number of pyridine rings is 2. The highest BCUT2D eigenvalue weighted by atomic mass is 16.5. The van der Waals surface area contributed by atoms with Crippen molar-refractivity contribution in [2.45, 2.75) is 31.8 Å². The van der Waals surface area contributed by atoms with Crippen LogP contribution in [0, 0.1) is 0 Å². The Morgan fingerprint density at radius 2 is 2.04 bits per heavy atom. The molecule has 0 unspecified atom stereocenters. The molecule has 5 heteroatoms. The monoisotopic (exact) mass is 363 g/mol.